The first-order chi connectivity index (χ1) is 10.5. The summed E-state index contributed by atoms with van der Waals surface area (Å²) in [6.07, 6.45) is 0.278. The number of hydrogen-bond acceptors (Lipinski definition) is 4. The first-order valence-corrected chi connectivity index (χ1v) is 7.45. The number of aliphatic hydroxyl groups is 1. The van der Waals surface area contributed by atoms with Gasteiger partial charge in [-0.2, -0.15) is 0 Å². The van der Waals surface area contributed by atoms with Gasteiger partial charge in [-0.1, -0.05) is 6.07 Å². The van der Waals surface area contributed by atoms with Crippen LogP contribution in [0.4, 0.5) is 4.39 Å². The number of nitrogens with zero attached hydrogens (tertiary/aromatic N) is 1. The van der Waals surface area contributed by atoms with E-state index in [1.54, 1.807) is 12.1 Å². The standard InChI is InChI=1S/C16H23FN2O3/c1-19-9-12(15(20)10-19)7-16(21)18-6-5-11-3-4-13(22-2)8-14(11)17/h3-4,8,12,15,20H,5-7,9-10H2,1-2H3,(H,18,21)/t12-,15-/m1/s1. The van der Waals surface area contributed by atoms with Gasteiger partial charge in [0.25, 0.3) is 0 Å². The van der Waals surface area contributed by atoms with E-state index in [2.05, 4.69) is 5.32 Å². The Labute approximate surface area is 130 Å². The van der Waals surface area contributed by atoms with Crippen LogP contribution >= 0.6 is 0 Å². The van der Waals surface area contributed by atoms with Crippen LogP contribution in [0, 0.1) is 11.7 Å². The summed E-state index contributed by atoms with van der Waals surface area (Å²) < 4.78 is 18.7. The zero-order valence-corrected chi connectivity index (χ0v) is 13.0. The maximum absolute atomic E-state index is 13.8. The van der Waals surface area contributed by atoms with Crippen LogP contribution in [0.3, 0.4) is 0 Å². The van der Waals surface area contributed by atoms with Crippen LogP contribution in [0.25, 0.3) is 0 Å². The highest BCUT2D eigenvalue weighted by Crippen LogP contribution is 2.19. The minimum Gasteiger partial charge on any atom is -0.497 e. The van der Waals surface area contributed by atoms with Crippen LogP contribution in [0.2, 0.25) is 0 Å². The van der Waals surface area contributed by atoms with E-state index < -0.39 is 6.10 Å². The summed E-state index contributed by atoms with van der Waals surface area (Å²) in [4.78, 5) is 13.9. The molecule has 5 nitrogen and oxygen atoms in total. The van der Waals surface area contributed by atoms with Crippen molar-refractivity contribution in [3.8, 4) is 5.75 Å². The lowest BCUT2D eigenvalue weighted by Crippen LogP contribution is -2.31. The number of nitrogens with one attached hydrogen (secondary N) is 1. The maximum Gasteiger partial charge on any atom is 0.220 e. The number of likely N-dealkylation sites (N-methyl/N-ethyl adjacent to an activating group) is 1. The number of ether oxygens (including phenoxy) is 1. The van der Waals surface area contributed by atoms with E-state index >= 15 is 0 Å². The zero-order chi connectivity index (χ0) is 16.1. The van der Waals surface area contributed by atoms with Crippen LogP contribution < -0.4 is 10.1 Å². The van der Waals surface area contributed by atoms with Crippen LogP contribution in [-0.2, 0) is 11.2 Å². The number of halogens is 1. The number of β-amino-alcohol motifs (C(OH)–C–C–N with tert-alkyl or cyclic N) is 1. The smallest absolute Gasteiger partial charge is 0.220 e. The lowest BCUT2D eigenvalue weighted by molar-refractivity contribution is -0.122. The van der Waals surface area contributed by atoms with E-state index in [9.17, 15) is 14.3 Å². The van der Waals surface area contributed by atoms with E-state index in [0.717, 1.165) is 6.54 Å². The molecule has 1 amide bonds. The number of likely N-dealkylation sites (tertiary alicyclic amines) is 1. The van der Waals surface area contributed by atoms with Gasteiger partial charge in [-0.3, -0.25) is 4.79 Å². The Bertz CT molecular complexity index is 524. The average Bonchev–Trinajstić information content (AvgIpc) is 2.78. The summed E-state index contributed by atoms with van der Waals surface area (Å²) in [6, 6.07) is 4.70. The summed E-state index contributed by atoms with van der Waals surface area (Å²) in [5.74, 6) is 0.0158. The molecule has 0 bridgehead atoms. The van der Waals surface area contributed by atoms with E-state index in [-0.39, 0.29) is 17.6 Å². The van der Waals surface area contributed by atoms with Crippen molar-refractivity contribution in [1.82, 2.24) is 10.2 Å². The Morgan fingerprint density at radius 3 is 2.86 bits per heavy atom. The van der Waals surface area contributed by atoms with Crippen LogP contribution in [-0.4, -0.2) is 55.8 Å². The molecule has 2 atom stereocenters. The van der Waals surface area contributed by atoms with Gasteiger partial charge < -0.3 is 20.1 Å². The van der Waals surface area contributed by atoms with E-state index in [0.29, 0.717) is 37.2 Å². The lowest BCUT2D eigenvalue weighted by Gasteiger charge is -2.13. The molecule has 1 saturated heterocycles. The third-order valence-electron chi connectivity index (χ3n) is 4.01. The largest absolute Gasteiger partial charge is 0.497 e. The molecule has 0 aromatic heterocycles. The second kappa shape index (κ2) is 7.56. The summed E-state index contributed by atoms with van der Waals surface area (Å²) in [5.41, 5.74) is 0.543. The predicted octanol–water partition coefficient (Wildman–Crippen LogP) is 0.806. The lowest BCUT2D eigenvalue weighted by atomic mass is 10.0. The summed E-state index contributed by atoms with van der Waals surface area (Å²) >= 11 is 0. The molecule has 1 aliphatic rings. The maximum atomic E-state index is 13.8. The molecular formula is C16H23FN2O3. The van der Waals surface area contributed by atoms with Gasteiger partial charge in [0.15, 0.2) is 0 Å². The Kier molecular flexibility index (Phi) is 5.74. The fourth-order valence-corrected chi connectivity index (χ4v) is 2.77. The number of carbonyl (C=O) groups excluding carboxylic acids is 1. The fraction of sp³-hybridized carbons (Fsp3) is 0.562. The molecule has 0 unspecified atom stereocenters. The van der Waals surface area contributed by atoms with Gasteiger partial charge in [-0.25, -0.2) is 4.39 Å². The van der Waals surface area contributed by atoms with Gasteiger partial charge >= 0.3 is 0 Å². The molecule has 2 N–H and O–H groups in total. The second-order valence-corrected chi connectivity index (χ2v) is 5.81. The normalized spacial score (nSPS) is 21.8. The predicted molar refractivity (Wildman–Crippen MR) is 81.3 cm³/mol. The first-order valence-electron chi connectivity index (χ1n) is 7.45. The topological polar surface area (TPSA) is 61.8 Å². The van der Waals surface area contributed by atoms with Crippen molar-refractivity contribution in [3.63, 3.8) is 0 Å². The number of benzene rings is 1. The molecule has 1 aromatic carbocycles. The third-order valence-corrected chi connectivity index (χ3v) is 4.01. The van der Waals surface area contributed by atoms with Gasteiger partial charge in [-0.05, 0) is 25.1 Å². The number of carbonyl (C=O) groups is 1. The highest BCUT2D eigenvalue weighted by Gasteiger charge is 2.30. The van der Waals surface area contributed by atoms with E-state index in [1.165, 1.54) is 13.2 Å². The summed E-state index contributed by atoms with van der Waals surface area (Å²) in [6.45, 7) is 1.71. The van der Waals surface area contributed by atoms with E-state index in [1.807, 2.05) is 11.9 Å². The van der Waals surface area contributed by atoms with Crippen molar-refractivity contribution in [1.29, 1.82) is 0 Å². The molecule has 1 fully saturated rings. The minimum atomic E-state index is -0.449. The van der Waals surface area contributed by atoms with Crippen molar-refractivity contribution < 1.29 is 19.0 Å². The number of amides is 1. The average molecular weight is 310 g/mol. The highest BCUT2D eigenvalue weighted by molar-refractivity contribution is 5.76. The molecule has 1 aliphatic heterocycles. The van der Waals surface area contributed by atoms with Gasteiger partial charge in [-0.15, -0.1) is 0 Å². The zero-order valence-electron chi connectivity index (χ0n) is 13.0. The summed E-state index contributed by atoms with van der Waals surface area (Å²) in [5, 5.41) is 12.6. The molecule has 0 saturated carbocycles. The van der Waals surface area contributed by atoms with Gasteiger partial charge in [0.1, 0.15) is 11.6 Å². The first kappa shape index (κ1) is 16.7. The van der Waals surface area contributed by atoms with Crippen molar-refractivity contribution >= 4 is 5.91 Å². The molecule has 0 aliphatic carbocycles. The Balaban J connectivity index is 1.75. The van der Waals surface area contributed by atoms with Gasteiger partial charge in [0.2, 0.25) is 5.91 Å². The molecule has 122 valence electrons. The molecule has 22 heavy (non-hydrogen) atoms. The van der Waals surface area contributed by atoms with Gasteiger partial charge in [0.05, 0.1) is 13.2 Å². The van der Waals surface area contributed by atoms with Gasteiger partial charge in [0, 0.05) is 38.0 Å². The van der Waals surface area contributed by atoms with Crippen molar-refractivity contribution in [2.75, 3.05) is 33.8 Å². The Morgan fingerprint density at radius 1 is 1.50 bits per heavy atom. The highest BCUT2D eigenvalue weighted by atomic mass is 19.1. The molecule has 0 radical (unpaired) electrons. The SMILES string of the molecule is COc1ccc(CCNC(=O)C[C@@H]2CN(C)C[C@H]2O)c(F)c1. The molecule has 1 aromatic rings. The van der Waals surface area contributed by atoms with Crippen molar-refractivity contribution in [2.24, 2.45) is 5.92 Å². The number of aliphatic hydroxyl groups excluding tert-OH is 1. The number of hydrogen-bond donors (Lipinski definition) is 2. The van der Waals surface area contributed by atoms with Crippen molar-refractivity contribution in [2.45, 2.75) is 18.9 Å². The van der Waals surface area contributed by atoms with E-state index in [4.69, 9.17) is 4.74 Å². The second-order valence-electron chi connectivity index (χ2n) is 5.81. The molecule has 1 heterocycles. The Hall–Kier alpha value is -1.66. The van der Waals surface area contributed by atoms with Crippen LogP contribution in [0.15, 0.2) is 18.2 Å². The monoisotopic (exact) mass is 310 g/mol. The fourth-order valence-electron chi connectivity index (χ4n) is 2.77. The number of rotatable bonds is 6. The molecule has 6 heteroatoms. The van der Waals surface area contributed by atoms with Crippen molar-refractivity contribution in [3.05, 3.63) is 29.6 Å². The minimum absolute atomic E-state index is 0.0253. The summed E-state index contributed by atoms with van der Waals surface area (Å²) in [7, 11) is 3.41. The molecule has 0 spiro atoms. The Morgan fingerprint density at radius 2 is 2.27 bits per heavy atom. The van der Waals surface area contributed by atoms with Crippen LogP contribution in [0.1, 0.15) is 12.0 Å². The quantitative estimate of drug-likeness (QED) is 0.816. The molecular weight excluding hydrogens is 287 g/mol. The third kappa shape index (κ3) is 4.42. The number of methoxy groups -OCH3 is 1. The van der Waals surface area contributed by atoms with Crippen LogP contribution in [0.5, 0.6) is 5.75 Å². The molecule has 2 rings (SSSR count).